The Morgan fingerprint density at radius 2 is 2.15 bits per heavy atom. The molecule has 0 saturated carbocycles. The molecule has 4 heteroatoms. The fourth-order valence-electron chi connectivity index (χ4n) is 0.867. The molecule has 0 aliphatic rings. The summed E-state index contributed by atoms with van der Waals surface area (Å²) in [6, 6.07) is 5.21. The van der Waals surface area contributed by atoms with E-state index < -0.39 is 0 Å². The molecule has 2 N–H and O–H groups in total. The maximum absolute atomic E-state index is 8.78. The van der Waals surface area contributed by atoms with Gasteiger partial charge in [-0.15, -0.1) is 0 Å². The smallest absolute Gasteiger partial charge is 0.213 e. The summed E-state index contributed by atoms with van der Waals surface area (Å²) in [5, 5.41) is 17.3. The lowest BCUT2D eigenvalue weighted by Crippen LogP contribution is -2.02. The zero-order valence-electron chi connectivity index (χ0n) is 7.31. The molecule has 0 bridgehead atoms. The molecule has 1 rings (SSSR count). The van der Waals surface area contributed by atoms with Crippen molar-refractivity contribution >= 4 is 0 Å². The van der Waals surface area contributed by atoms with Gasteiger partial charge < -0.3 is 14.9 Å². The van der Waals surface area contributed by atoms with E-state index in [0.717, 1.165) is 0 Å². The lowest BCUT2D eigenvalue weighted by Gasteiger charge is -2.04. The number of ether oxygens (including phenoxy) is 1. The van der Waals surface area contributed by atoms with Gasteiger partial charge in [-0.2, -0.15) is 0 Å². The van der Waals surface area contributed by atoms with Crippen LogP contribution in [0.4, 0.5) is 0 Å². The molecule has 0 radical (unpaired) electrons. The zero-order chi connectivity index (χ0) is 9.52. The van der Waals surface area contributed by atoms with Gasteiger partial charge in [-0.1, -0.05) is 6.07 Å². The molecule has 1 aromatic rings. The Hall–Kier alpha value is -1.13. The van der Waals surface area contributed by atoms with Crippen LogP contribution in [-0.2, 0) is 6.61 Å². The minimum Gasteiger partial charge on any atom is -0.478 e. The van der Waals surface area contributed by atoms with Crippen LogP contribution in [0.3, 0.4) is 0 Å². The zero-order valence-corrected chi connectivity index (χ0v) is 7.31. The molecule has 0 atom stereocenters. The van der Waals surface area contributed by atoms with E-state index in [0.29, 0.717) is 24.6 Å². The molecule has 0 amide bonds. The Balaban J connectivity index is 2.46. The molecular weight excluding hydrogens is 170 g/mol. The fourth-order valence-corrected chi connectivity index (χ4v) is 0.867. The third kappa shape index (κ3) is 3.40. The maximum atomic E-state index is 8.78. The van der Waals surface area contributed by atoms with E-state index in [1.807, 2.05) is 0 Å². The van der Waals surface area contributed by atoms with Gasteiger partial charge in [0.2, 0.25) is 5.88 Å². The average molecular weight is 183 g/mol. The molecule has 72 valence electrons. The van der Waals surface area contributed by atoms with Crippen LogP contribution in [0.15, 0.2) is 18.2 Å². The van der Waals surface area contributed by atoms with Gasteiger partial charge >= 0.3 is 0 Å². The molecule has 13 heavy (non-hydrogen) atoms. The molecule has 0 aliphatic carbocycles. The molecule has 0 spiro atoms. The van der Waals surface area contributed by atoms with Crippen molar-refractivity contribution in [3.8, 4) is 5.88 Å². The standard InChI is InChI=1S/C9H13NO3/c11-5-2-6-13-9-4-1-3-8(7-12)10-9/h1,3-4,11-12H,2,5-7H2. The Morgan fingerprint density at radius 1 is 1.31 bits per heavy atom. The first kappa shape index (κ1) is 9.95. The summed E-state index contributed by atoms with van der Waals surface area (Å²) in [6.45, 7) is 0.468. The third-order valence-electron chi connectivity index (χ3n) is 1.50. The van der Waals surface area contributed by atoms with Gasteiger partial charge in [-0.25, -0.2) is 4.98 Å². The lowest BCUT2D eigenvalue weighted by molar-refractivity contribution is 0.227. The van der Waals surface area contributed by atoms with Crippen LogP contribution in [0, 0.1) is 0 Å². The highest BCUT2D eigenvalue weighted by Crippen LogP contribution is 2.07. The first-order valence-electron chi connectivity index (χ1n) is 4.17. The van der Waals surface area contributed by atoms with Crippen LogP contribution < -0.4 is 4.74 Å². The first-order chi connectivity index (χ1) is 6.36. The number of aliphatic hydroxyl groups excluding tert-OH is 2. The van der Waals surface area contributed by atoms with Gasteiger partial charge in [0.05, 0.1) is 18.9 Å². The van der Waals surface area contributed by atoms with Crippen molar-refractivity contribution in [3.05, 3.63) is 23.9 Å². The molecule has 0 fully saturated rings. The highest BCUT2D eigenvalue weighted by Gasteiger charge is 1.96. The summed E-state index contributed by atoms with van der Waals surface area (Å²) in [4.78, 5) is 4.01. The predicted molar refractivity (Wildman–Crippen MR) is 47.4 cm³/mol. The number of aromatic nitrogens is 1. The summed E-state index contributed by atoms with van der Waals surface area (Å²) in [5.41, 5.74) is 0.585. The molecule has 1 heterocycles. The Kier molecular flexibility index (Phi) is 4.21. The normalized spacial score (nSPS) is 10.0. The minimum absolute atomic E-state index is 0.0861. The fraction of sp³-hybridized carbons (Fsp3) is 0.444. The number of aliphatic hydroxyl groups is 2. The van der Waals surface area contributed by atoms with Crippen LogP contribution in [0.25, 0.3) is 0 Å². The van der Waals surface area contributed by atoms with Gasteiger partial charge in [0.25, 0.3) is 0 Å². The van der Waals surface area contributed by atoms with Gasteiger partial charge in [-0.05, 0) is 6.07 Å². The number of nitrogens with zero attached hydrogens (tertiary/aromatic N) is 1. The van der Waals surface area contributed by atoms with Crippen molar-refractivity contribution in [3.63, 3.8) is 0 Å². The van der Waals surface area contributed by atoms with Crippen molar-refractivity contribution < 1.29 is 14.9 Å². The van der Waals surface area contributed by atoms with E-state index in [-0.39, 0.29) is 13.2 Å². The second-order valence-corrected chi connectivity index (χ2v) is 2.55. The van der Waals surface area contributed by atoms with Crippen molar-refractivity contribution in [2.24, 2.45) is 0 Å². The summed E-state index contributed by atoms with van der Waals surface area (Å²) >= 11 is 0. The summed E-state index contributed by atoms with van der Waals surface area (Å²) in [5.74, 6) is 0.486. The number of rotatable bonds is 5. The molecule has 0 unspecified atom stereocenters. The van der Waals surface area contributed by atoms with E-state index in [4.69, 9.17) is 14.9 Å². The van der Waals surface area contributed by atoms with Crippen molar-refractivity contribution in [1.82, 2.24) is 4.98 Å². The Bertz CT molecular complexity index is 252. The molecule has 0 saturated heterocycles. The van der Waals surface area contributed by atoms with Gasteiger partial charge in [0.1, 0.15) is 0 Å². The average Bonchev–Trinajstić information content (AvgIpc) is 2.19. The van der Waals surface area contributed by atoms with Crippen LogP contribution in [0.1, 0.15) is 12.1 Å². The SMILES string of the molecule is OCCCOc1cccc(CO)n1. The monoisotopic (exact) mass is 183 g/mol. The lowest BCUT2D eigenvalue weighted by atomic mass is 10.4. The van der Waals surface area contributed by atoms with E-state index in [2.05, 4.69) is 4.98 Å². The van der Waals surface area contributed by atoms with Crippen LogP contribution >= 0.6 is 0 Å². The topological polar surface area (TPSA) is 62.6 Å². The first-order valence-corrected chi connectivity index (χ1v) is 4.17. The largest absolute Gasteiger partial charge is 0.478 e. The quantitative estimate of drug-likeness (QED) is 0.646. The highest BCUT2D eigenvalue weighted by molar-refractivity contribution is 5.15. The van der Waals surface area contributed by atoms with Gasteiger partial charge in [0, 0.05) is 19.1 Å². The Morgan fingerprint density at radius 3 is 2.85 bits per heavy atom. The van der Waals surface area contributed by atoms with Crippen LogP contribution in [-0.4, -0.2) is 28.4 Å². The van der Waals surface area contributed by atoms with E-state index >= 15 is 0 Å². The number of hydrogen-bond donors (Lipinski definition) is 2. The van der Waals surface area contributed by atoms with Crippen LogP contribution in [0.2, 0.25) is 0 Å². The molecule has 4 nitrogen and oxygen atoms in total. The summed E-state index contributed by atoms with van der Waals surface area (Å²) in [7, 11) is 0. The predicted octanol–water partition coefficient (Wildman–Crippen LogP) is 0.335. The molecule has 0 aromatic carbocycles. The van der Waals surface area contributed by atoms with Gasteiger partial charge in [-0.3, -0.25) is 0 Å². The summed E-state index contributed by atoms with van der Waals surface area (Å²) < 4.78 is 5.21. The second kappa shape index (κ2) is 5.50. The van der Waals surface area contributed by atoms with Crippen molar-refractivity contribution in [1.29, 1.82) is 0 Å². The Labute approximate surface area is 76.8 Å². The number of pyridine rings is 1. The highest BCUT2D eigenvalue weighted by atomic mass is 16.5. The maximum Gasteiger partial charge on any atom is 0.213 e. The van der Waals surface area contributed by atoms with E-state index in [1.54, 1.807) is 18.2 Å². The minimum atomic E-state index is -0.0861. The number of hydrogen-bond acceptors (Lipinski definition) is 4. The van der Waals surface area contributed by atoms with Gasteiger partial charge in [0.15, 0.2) is 0 Å². The molecule has 1 aromatic heterocycles. The molecular formula is C9H13NO3. The second-order valence-electron chi connectivity index (χ2n) is 2.55. The summed E-state index contributed by atoms with van der Waals surface area (Å²) in [6.07, 6.45) is 0.588. The van der Waals surface area contributed by atoms with E-state index in [9.17, 15) is 0 Å². The van der Waals surface area contributed by atoms with Crippen LogP contribution in [0.5, 0.6) is 5.88 Å². The third-order valence-corrected chi connectivity index (χ3v) is 1.50. The van der Waals surface area contributed by atoms with Crippen molar-refractivity contribution in [2.45, 2.75) is 13.0 Å². The van der Waals surface area contributed by atoms with E-state index in [1.165, 1.54) is 0 Å². The van der Waals surface area contributed by atoms with Crippen molar-refractivity contribution in [2.75, 3.05) is 13.2 Å². The molecule has 0 aliphatic heterocycles.